The van der Waals surface area contributed by atoms with Crippen LogP contribution in [-0.4, -0.2) is 4.89 Å². The molecule has 0 unspecified atom stereocenters. The van der Waals surface area contributed by atoms with Crippen molar-refractivity contribution >= 4 is 50.9 Å². The highest BCUT2D eigenvalue weighted by molar-refractivity contribution is 7.48. The molecule has 0 radical (unpaired) electrons. The van der Waals surface area contributed by atoms with Crippen LogP contribution in [0.5, 0.6) is 11.5 Å². The van der Waals surface area contributed by atoms with Gasteiger partial charge in [0, 0.05) is 21.9 Å². The fourth-order valence-corrected chi connectivity index (χ4v) is 7.76. The summed E-state index contributed by atoms with van der Waals surface area (Å²) in [6.07, 6.45) is 0. The van der Waals surface area contributed by atoms with Gasteiger partial charge in [0.05, 0.1) is 0 Å². The molecule has 0 saturated carbocycles. The summed E-state index contributed by atoms with van der Waals surface area (Å²) in [5.41, 5.74) is 5.14. The molecule has 214 valence electrons. The molecule has 45 heavy (non-hydrogen) atoms. The molecule has 1 aliphatic rings. The van der Waals surface area contributed by atoms with Crippen LogP contribution in [0, 0.1) is 0 Å². The summed E-state index contributed by atoms with van der Waals surface area (Å²) >= 11 is 0. The summed E-state index contributed by atoms with van der Waals surface area (Å²) in [7, 11) is -4.68. The molecule has 8 aromatic carbocycles. The highest BCUT2D eigenvalue weighted by Crippen LogP contribution is 2.62. The molecule has 0 spiro atoms. The average Bonchev–Trinajstić information content (AvgIpc) is 3.21. The van der Waals surface area contributed by atoms with Gasteiger partial charge in [0.25, 0.3) is 0 Å². The first-order valence-electron chi connectivity index (χ1n) is 14.9. The van der Waals surface area contributed by atoms with Gasteiger partial charge in [0.2, 0.25) is 0 Å². The van der Waals surface area contributed by atoms with Crippen molar-refractivity contribution < 1.29 is 18.5 Å². The van der Waals surface area contributed by atoms with E-state index < -0.39 is 7.82 Å². The second-order valence-corrected chi connectivity index (χ2v) is 12.7. The molecule has 0 aliphatic carbocycles. The third kappa shape index (κ3) is 4.08. The number of hydrogen-bond donors (Lipinski definition) is 1. The highest BCUT2D eigenvalue weighted by atomic mass is 31.2. The van der Waals surface area contributed by atoms with Gasteiger partial charge in [-0.25, -0.2) is 4.57 Å². The first-order valence-corrected chi connectivity index (χ1v) is 16.4. The van der Waals surface area contributed by atoms with Crippen LogP contribution in [0.15, 0.2) is 146 Å². The van der Waals surface area contributed by atoms with E-state index in [0.717, 1.165) is 76.5 Å². The summed E-state index contributed by atoms with van der Waals surface area (Å²) < 4.78 is 26.6. The van der Waals surface area contributed by atoms with E-state index in [1.165, 1.54) is 0 Å². The Bertz CT molecular complexity index is 2350. The topological polar surface area (TPSA) is 55.8 Å². The molecule has 0 bridgehead atoms. The van der Waals surface area contributed by atoms with E-state index in [2.05, 4.69) is 60.7 Å². The molecule has 0 fully saturated rings. The van der Waals surface area contributed by atoms with Crippen LogP contribution in [0.1, 0.15) is 0 Å². The quantitative estimate of drug-likeness (QED) is 0.158. The zero-order chi connectivity index (χ0) is 30.1. The lowest BCUT2D eigenvalue weighted by Crippen LogP contribution is -1.99. The predicted octanol–water partition coefficient (Wildman–Crippen LogP) is 11.2. The Morgan fingerprint density at radius 2 is 0.822 bits per heavy atom. The van der Waals surface area contributed by atoms with Crippen LogP contribution in [0.25, 0.3) is 76.5 Å². The molecule has 1 N–H and O–H groups in total. The minimum absolute atomic E-state index is 0.338. The number of phosphoric acid groups is 1. The van der Waals surface area contributed by atoms with E-state index in [4.69, 9.17) is 9.05 Å². The molecule has 0 saturated heterocycles. The molecule has 1 heterocycles. The minimum Gasteiger partial charge on any atom is -0.394 e. The Balaban J connectivity index is 1.58. The Kier molecular flexibility index (Phi) is 5.67. The molecule has 0 aromatic heterocycles. The normalized spacial score (nSPS) is 13.6. The third-order valence-electron chi connectivity index (χ3n) is 8.80. The lowest BCUT2D eigenvalue weighted by molar-refractivity contribution is 0.297. The van der Waals surface area contributed by atoms with Gasteiger partial charge in [-0.2, -0.15) is 0 Å². The van der Waals surface area contributed by atoms with Crippen molar-refractivity contribution in [3.63, 3.8) is 0 Å². The largest absolute Gasteiger partial charge is 0.584 e. The van der Waals surface area contributed by atoms with E-state index in [0.29, 0.717) is 11.5 Å². The van der Waals surface area contributed by atoms with Gasteiger partial charge in [-0.15, -0.1) is 0 Å². The lowest BCUT2D eigenvalue weighted by Gasteiger charge is -2.21. The monoisotopic (exact) mass is 600 g/mol. The van der Waals surface area contributed by atoms with Crippen LogP contribution < -0.4 is 9.05 Å². The van der Waals surface area contributed by atoms with Crippen molar-refractivity contribution in [2.24, 2.45) is 0 Å². The number of benzene rings is 8. The van der Waals surface area contributed by atoms with Gasteiger partial charge in [0.15, 0.2) is 0 Å². The standard InChI is InChI=1S/C40H25O4P/c41-45(42)43-39-35-29(21-19-27-15-7-9-17-31(27)35)23-33(25-11-3-1-4-12-25)37(39)38-34(26-13-5-2-6-14-26)24-30-22-20-28-16-8-10-18-32(28)36(30)40(38)44-45/h1-24H,(H,41,42). The van der Waals surface area contributed by atoms with Crippen molar-refractivity contribution in [3.05, 3.63) is 146 Å². The summed E-state index contributed by atoms with van der Waals surface area (Å²) in [5, 5.41) is 7.23. The number of fused-ring (bicyclic) bond motifs is 11. The molecule has 9 rings (SSSR count). The van der Waals surface area contributed by atoms with Crippen LogP contribution in [-0.2, 0) is 4.57 Å². The second-order valence-electron chi connectivity index (χ2n) is 11.4. The summed E-state index contributed by atoms with van der Waals surface area (Å²) in [6.45, 7) is 0. The van der Waals surface area contributed by atoms with E-state index in [-0.39, 0.29) is 0 Å². The van der Waals surface area contributed by atoms with Crippen LogP contribution in [0.4, 0.5) is 0 Å². The van der Waals surface area contributed by atoms with E-state index in [9.17, 15) is 9.46 Å². The van der Waals surface area contributed by atoms with E-state index >= 15 is 0 Å². The molecular formula is C40H25O4P. The fraction of sp³-hybridized carbons (Fsp3) is 0. The van der Waals surface area contributed by atoms with E-state index in [1.54, 1.807) is 0 Å². The zero-order valence-electron chi connectivity index (χ0n) is 24.0. The van der Waals surface area contributed by atoms with Crippen molar-refractivity contribution in [2.45, 2.75) is 0 Å². The molecule has 0 amide bonds. The SMILES string of the molecule is O=P1(O)Oc2c(c(-c3ccccc3)cc3ccc4ccccc4c23)-c2c(-c3ccccc3)cc3ccc4ccccc4c3c2O1. The molecule has 1 aliphatic heterocycles. The number of hydrogen-bond acceptors (Lipinski definition) is 3. The first kappa shape index (κ1) is 26.0. The summed E-state index contributed by atoms with van der Waals surface area (Å²) in [5.74, 6) is 0.675. The maximum atomic E-state index is 14.1. The first-order chi connectivity index (χ1) is 22.1. The van der Waals surface area contributed by atoms with Gasteiger partial charge in [0.1, 0.15) is 11.5 Å². The van der Waals surface area contributed by atoms with Gasteiger partial charge >= 0.3 is 7.82 Å². The van der Waals surface area contributed by atoms with Crippen molar-refractivity contribution in [3.8, 4) is 44.9 Å². The molecule has 8 aromatic rings. The van der Waals surface area contributed by atoms with Crippen LogP contribution in [0.3, 0.4) is 0 Å². The van der Waals surface area contributed by atoms with Crippen molar-refractivity contribution in [2.75, 3.05) is 0 Å². The second kappa shape index (κ2) is 9.80. The summed E-state index contributed by atoms with van der Waals surface area (Å²) in [6, 6.07) is 48.9. The van der Waals surface area contributed by atoms with Crippen molar-refractivity contribution in [1.82, 2.24) is 0 Å². The number of phosphoric ester groups is 1. The number of rotatable bonds is 2. The van der Waals surface area contributed by atoms with E-state index in [1.807, 2.05) is 84.9 Å². The van der Waals surface area contributed by atoms with Gasteiger partial charge in [-0.1, -0.05) is 133 Å². The average molecular weight is 601 g/mol. The predicted molar refractivity (Wildman–Crippen MR) is 184 cm³/mol. The zero-order valence-corrected chi connectivity index (χ0v) is 24.9. The Morgan fingerprint density at radius 3 is 1.27 bits per heavy atom. The van der Waals surface area contributed by atoms with Gasteiger partial charge in [-0.3, -0.25) is 4.89 Å². The van der Waals surface area contributed by atoms with Crippen molar-refractivity contribution in [1.29, 1.82) is 0 Å². The third-order valence-corrected chi connectivity index (χ3v) is 9.63. The van der Waals surface area contributed by atoms with Gasteiger partial charge < -0.3 is 9.05 Å². The summed E-state index contributed by atoms with van der Waals surface area (Å²) in [4.78, 5) is 11.5. The van der Waals surface area contributed by atoms with Crippen LogP contribution in [0.2, 0.25) is 0 Å². The Labute approximate surface area is 259 Å². The maximum absolute atomic E-state index is 14.1. The molecule has 5 heteroatoms. The van der Waals surface area contributed by atoms with Crippen LogP contribution >= 0.6 is 7.82 Å². The highest BCUT2D eigenvalue weighted by Gasteiger charge is 2.38. The Morgan fingerprint density at radius 1 is 0.444 bits per heavy atom. The smallest absolute Gasteiger partial charge is 0.394 e. The minimum atomic E-state index is -4.68. The lowest BCUT2D eigenvalue weighted by atomic mass is 9.83. The fourth-order valence-electron chi connectivity index (χ4n) is 6.89. The Hall–Kier alpha value is -5.41. The molecule has 4 nitrogen and oxygen atoms in total. The molecular weight excluding hydrogens is 575 g/mol. The molecule has 0 atom stereocenters. The maximum Gasteiger partial charge on any atom is 0.584 e. The van der Waals surface area contributed by atoms with Gasteiger partial charge in [-0.05, 0) is 66.7 Å².